The Morgan fingerprint density at radius 2 is 1.83 bits per heavy atom. The molecule has 0 aliphatic rings. The standard InChI is InChI=1S/C13H26N2O3/c1-6-8-10(7-2)14-12(18)15(9-11(16)17)13(3,4)5/h10H,6-9H2,1-5H3,(H,14,18)(H,16,17). The number of rotatable bonds is 6. The topological polar surface area (TPSA) is 69.6 Å². The Kier molecular flexibility index (Phi) is 6.73. The second kappa shape index (κ2) is 7.24. The molecular formula is C13H26N2O3. The van der Waals surface area contributed by atoms with Crippen LogP contribution in [0.15, 0.2) is 0 Å². The molecule has 2 N–H and O–H groups in total. The van der Waals surface area contributed by atoms with E-state index in [1.165, 1.54) is 4.90 Å². The molecule has 0 radical (unpaired) electrons. The van der Waals surface area contributed by atoms with Crippen LogP contribution in [-0.2, 0) is 4.79 Å². The summed E-state index contributed by atoms with van der Waals surface area (Å²) in [7, 11) is 0. The Morgan fingerprint density at radius 3 is 2.17 bits per heavy atom. The van der Waals surface area contributed by atoms with Crippen molar-refractivity contribution in [2.45, 2.75) is 65.5 Å². The van der Waals surface area contributed by atoms with Gasteiger partial charge in [-0.1, -0.05) is 20.3 Å². The van der Waals surface area contributed by atoms with Gasteiger partial charge in [-0.15, -0.1) is 0 Å². The Hall–Kier alpha value is -1.26. The second-order valence-electron chi connectivity index (χ2n) is 5.49. The van der Waals surface area contributed by atoms with Crippen molar-refractivity contribution < 1.29 is 14.7 Å². The van der Waals surface area contributed by atoms with E-state index in [2.05, 4.69) is 12.2 Å². The first kappa shape index (κ1) is 16.7. The molecule has 0 fully saturated rings. The monoisotopic (exact) mass is 258 g/mol. The summed E-state index contributed by atoms with van der Waals surface area (Å²) in [5, 5.41) is 11.8. The van der Waals surface area contributed by atoms with Crippen LogP contribution in [0.5, 0.6) is 0 Å². The molecule has 0 saturated carbocycles. The molecule has 0 rings (SSSR count). The zero-order valence-corrected chi connectivity index (χ0v) is 12.1. The van der Waals surface area contributed by atoms with Crippen molar-refractivity contribution in [1.29, 1.82) is 0 Å². The normalized spacial score (nSPS) is 12.9. The number of amides is 2. The lowest BCUT2D eigenvalue weighted by Gasteiger charge is -2.35. The molecule has 0 aliphatic heterocycles. The lowest BCUT2D eigenvalue weighted by molar-refractivity contribution is -0.138. The van der Waals surface area contributed by atoms with E-state index >= 15 is 0 Å². The summed E-state index contributed by atoms with van der Waals surface area (Å²) in [4.78, 5) is 24.3. The van der Waals surface area contributed by atoms with Crippen molar-refractivity contribution in [3.05, 3.63) is 0 Å². The molecule has 0 spiro atoms. The van der Waals surface area contributed by atoms with Crippen molar-refractivity contribution in [3.63, 3.8) is 0 Å². The van der Waals surface area contributed by atoms with E-state index in [1.54, 1.807) is 0 Å². The smallest absolute Gasteiger partial charge is 0.323 e. The fraction of sp³-hybridized carbons (Fsp3) is 0.846. The van der Waals surface area contributed by atoms with Gasteiger partial charge in [0.05, 0.1) is 0 Å². The molecule has 0 aromatic carbocycles. The van der Waals surface area contributed by atoms with Gasteiger partial charge in [-0.3, -0.25) is 4.79 Å². The maximum Gasteiger partial charge on any atom is 0.323 e. The zero-order valence-electron chi connectivity index (χ0n) is 12.1. The van der Waals surface area contributed by atoms with E-state index in [-0.39, 0.29) is 18.6 Å². The third kappa shape index (κ3) is 5.89. The van der Waals surface area contributed by atoms with Crippen LogP contribution in [0.3, 0.4) is 0 Å². The van der Waals surface area contributed by atoms with E-state index in [0.717, 1.165) is 19.3 Å². The van der Waals surface area contributed by atoms with Crippen LogP contribution in [0.1, 0.15) is 53.9 Å². The number of nitrogens with zero attached hydrogens (tertiary/aromatic N) is 1. The van der Waals surface area contributed by atoms with Crippen LogP contribution in [0.4, 0.5) is 4.79 Å². The first-order chi connectivity index (χ1) is 8.22. The number of carbonyl (C=O) groups excluding carboxylic acids is 1. The van der Waals surface area contributed by atoms with Gasteiger partial charge in [-0.05, 0) is 33.6 Å². The molecule has 0 heterocycles. The SMILES string of the molecule is CCCC(CC)NC(=O)N(CC(=O)O)C(C)(C)C. The lowest BCUT2D eigenvalue weighted by atomic mass is 10.1. The van der Waals surface area contributed by atoms with Crippen molar-refractivity contribution in [1.82, 2.24) is 10.2 Å². The summed E-state index contributed by atoms with van der Waals surface area (Å²) in [6.45, 7) is 9.29. The molecule has 1 atom stereocenters. The number of urea groups is 1. The van der Waals surface area contributed by atoms with Crippen LogP contribution in [-0.4, -0.2) is 40.1 Å². The molecule has 0 aromatic rings. The molecule has 2 amide bonds. The van der Waals surface area contributed by atoms with Gasteiger partial charge in [0.25, 0.3) is 0 Å². The average molecular weight is 258 g/mol. The van der Waals surface area contributed by atoms with Crippen molar-refractivity contribution >= 4 is 12.0 Å². The molecule has 0 aliphatic carbocycles. The van der Waals surface area contributed by atoms with Crippen LogP contribution in [0.25, 0.3) is 0 Å². The highest BCUT2D eigenvalue weighted by Gasteiger charge is 2.29. The van der Waals surface area contributed by atoms with E-state index in [4.69, 9.17) is 5.11 Å². The quantitative estimate of drug-likeness (QED) is 0.769. The lowest BCUT2D eigenvalue weighted by Crippen LogP contribution is -2.54. The van der Waals surface area contributed by atoms with Gasteiger partial charge in [0.1, 0.15) is 6.54 Å². The van der Waals surface area contributed by atoms with Crippen LogP contribution < -0.4 is 5.32 Å². The Morgan fingerprint density at radius 1 is 1.28 bits per heavy atom. The summed E-state index contributed by atoms with van der Waals surface area (Å²) in [5.74, 6) is -0.997. The molecule has 0 saturated heterocycles. The van der Waals surface area contributed by atoms with Gasteiger partial charge >= 0.3 is 12.0 Å². The predicted molar refractivity (Wildman–Crippen MR) is 71.6 cm³/mol. The van der Waals surface area contributed by atoms with E-state index < -0.39 is 11.5 Å². The van der Waals surface area contributed by atoms with Crippen LogP contribution >= 0.6 is 0 Å². The highest BCUT2D eigenvalue weighted by molar-refractivity contribution is 5.80. The molecular weight excluding hydrogens is 232 g/mol. The minimum atomic E-state index is -0.997. The summed E-state index contributed by atoms with van der Waals surface area (Å²) in [6.07, 6.45) is 2.76. The van der Waals surface area contributed by atoms with Gasteiger partial charge in [-0.2, -0.15) is 0 Å². The van der Waals surface area contributed by atoms with Gasteiger partial charge in [-0.25, -0.2) is 4.79 Å². The number of carbonyl (C=O) groups is 2. The van der Waals surface area contributed by atoms with E-state index in [9.17, 15) is 9.59 Å². The summed E-state index contributed by atoms with van der Waals surface area (Å²) < 4.78 is 0. The molecule has 0 bridgehead atoms. The number of aliphatic carboxylic acids is 1. The largest absolute Gasteiger partial charge is 0.480 e. The summed E-state index contributed by atoms with van der Waals surface area (Å²) in [5.41, 5.74) is -0.507. The highest BCUT2D eigenvalue weighted by Crippen LogP contribution is 2.14. The van der Waals surface area contributed by atoms with Crippen LogP contribution in [0, 0.1) is 0 Å². The fourth-order valence-electron chi connectivity index (χ4n) is 1.73. The molecule has 5 heteroatoms. The third-order valence-corrected chi connectivity index (χ3v) is 2.81. The number of nitrogens with one attached hydrogen (secondary N) is 1. The van der Waals surface area contributed by atoms with Gasteiger partial charge in [0.15, 0.2) is 0 Å². The summed E-state index contributed by atoms with van der Waals surface area (Å²) in [6, 6.07) is -0.189. The maximum absolute atomic E-state index is 12.1. The molecule has 0 aromatic heterocycles. The maximum atomic E-state index is 12.1. The Balaban J connectivity index is 4.70. The van der Waals surface area contributed by atoms with Crippen molar-refractivity contribution in [2.24, 2.45) is 0 Å². The van der Waals surface area contributed by atoms with Crippen molar-refractivity contribution in [2.75, 3.05) is 6.54 Å². The van der Waals surface area contributed by atoms with E-state index in [1.807, 2.05) is 27.7 Å². The molecule has 106 valence electrons. The summed E-state index contributed by atoms with van der Waals surface area (Å²) >= 11 is 0. The van der Waals surface area contributed by atoms with Gasteiger partial charge < -0.3 is 15.3 Å². The fourth-order valence-corrected chi connectivity index (χ4v) is 1.73. The molecule has 18 heavy (non-hydrogen) atoms. The third-order valence-electron chi connectivity index (χ3n) is 2.81. The second-order valence-corrected chi connectivity index (χ2v) is 5.49. The number of hydrogen-bond acceptors (Lipinski definition) is 2. The molecule has 5 nitrogen and oxygen atoms in total. The predicted octanol–water partition coefficient (Wildman–Crippen LogP) is 2.46. The Labute approximate surface area is 110 Å². The minimum absolute atomic E-state index is 0.112. The first-order valence-electron chi connectivity index (χ1n) is 6.52. The minimum Gasteiger partial charge on any atom is -0.480 e. The highest BCUT2D eigenvalue weighted by atomic mass is 16.4. The Bertz CT molecular complexity index is 284. The van der Waals surface area contributed by atoms with E-state index in [0.29, 0.717) is 0 Å². The zero-order chi connectivity index (χ0) is 14.3. The van der Waals surface area contributed by atoms with Gasteiger partial charge in [0, 0.05) is 11.6 Å². The van der Waals surface area contributed by atoms with Crippen LogP contribution in [0.2, 0.25) is 0 Å². The molecule has 1 unspecified atom stereocenters. The number of carboxylic acids is 1. The number of hydrogen-bond donors (Lipinski definition) is 2. The first-order valence-corrected chi connectivity index (χ1v) is 6.52. The van der Waals surface area contributed by atoms with Gasteiger partial charge in [0.2, 0.25) is 0 Å². The number of carboxylic acid groups (broad SMARTS) is 1. The van der Waals surface area contributed by atoms with Crippen molar-refractivity contribution in [3.8, 4) is 0 Å². The average Bonchev–Trinajstić information content (AvgIpc) is 2.23.